The minimum atomic E-state index is -1.29. The van der Waals surface area contributed by atoms with E-state index in [4.69, 9.17) is 4.74 Å². The summed E-state index contributed by atoms with van der Waals surface area (Å²) in [5, 5.41) is 24.3. The molecule has 6 rings (SSSR count). The Hall–Kier alpha value is -3.70. The highest BCUT2D eigenvalue weighted by atomic mass is 19.2. The van der Waals surface area contributed by atoms with Gasteiger partial charge in [0.15, 0.2) is 17.5 Å². The molecule has 0 amide bonds. The van der Waals surface area contributed by atoms with Crippen LogP contribution < -0.4 is 15.0 Å². The van der Waals surface area contributed by atoms with Crippen molar-refractivity contribution in [2.45, 2.75) is 57.2 Å². The Kier molecular flexibility index (Phi) is 6.89. The molecule has 41 heavy (non-hydrogen) atoms. The molecule has 0 aliphatic carbocycles. The van der Waals surface area contributed by atoms with Crippen molar-refractivity contribution >= 4 is 27.5 Å². The average molecular weight is 571 g/mol. The van der Waals surface area contributed by atoms with Gasteiger partial charge in [0.2, 0.25) is 0 Å². The Bertz CT molecular complexity index is 1650. The monoisotopic (exact) mass is 570 g/mol. The molecule has 216 valence electrons. The van der Waals surface area contributed by atoms with E-state index in [0.717, 1.165) is 31.0 Å². The molecular formula is C30H30F4N4O3. The number of hydrogen-bond donors (Lipinski definition) is 3. The molecule has 2 aliphatic rings. The predicted molar refractivity (Wildman–Crippen MR) is 147 cm³/mol. The maximum atomic E-state index is 16.4. The summed E-state index contributed by atoms with van der Waals surface area (Å²) in [6, 6.07) is 5.55. The standard InChI is InChI=1S/C30H30F4N4O3/c1-3-30(40,4-2)14-41-29-36-27-20(28(37-29)38-12-16-6-7-17(13-38)35-16)11-22(32)24(26(27)34)19-10-18(39)9-15-5-8-21(31)25(33)23(15)19/h5,8-11,16-17,35,39-40H,3-4,6-7,12-14H2,1-2H3/t16-,17+. The number of nitrogens with zero attached hydrogens (tertiary/aromatic N) is 3. The van der Waals surface area contributed by atoms with Crippen molar-refractivity contribution in [3.05, 3.63) is 53.6 Å². The topological polar surface area (TPSA) is 90.7 Å². The zero-order chi connectivity index (χ0) is 29.1. The van der Waals surface area contributed by atoms with E-state index in [1.54, 1.807) is 0 Å². The van der Waals surface area contributed by atoms with E-state index in [1.807, 2.05) is 18.7 Å². The van der Waals surface area contributed by atoms with Crippen molar-refractivity contribution in [1.29, 1.82) is 0 Å². The summed E-state index contributed by atoms with van der Waals surface area (Å²) in [6.07, 6.45) is 2.74. The lowest BCUT2D eigenvalue weighted by Crippen LogP contribution is -2.51. The third-order valence-electron chi connectivity index (χ3n) is 8.41. The number of anilines is 1. The Balaban J connectivity index is 1.57. The molecule has 2 saturated heterocycles. The maximum Gasteiger partial charge on any atom is 0.319 e. The van der Waals surface area contributed by atoms with Crippen molar-refractivity contribution in [2.24, 2.45) is 0 Å². The number of hydrogen-bond acceptors (Lipinski definition) is 7. The van der Waals surface area contributed by atoms with Crippen LogP contribution in [-0.2, 0) is 0 Å². The van der Waals surface area contributed by atoms with Crippen molar-refractivity contribution < 1.29 is 32.5 Å². The van der Waals surface area contributed by atoms with Crippen LogP contribution in [0.5, 0.6) is 11.8 Å². The molecular weight excluding hydrogens is 540 g/mol. The van der Waals surface area contributed by atoms with Crippen LogP contribution >= 0.6 is 0 Å². The largest absolute Gasteiger partial charge is 0.508 e. The zero-order valence-corrected chi connectivity index (χ0v) is 22.6. The molecule has 3 N–H and O–H groups in total. The summed E-state index contributed by atoms with van der Waals surface area (Å²) in [5.74, 6) is -4.77. The first kappa shape index (κ1) is 27.5. The van der Waals surface area contributed by atoms with Crippen LogP contribution in [0.1, 0.15) is 39.5 Å². The highest BCUT2D eigenvalue weighted by molar-refractivity contribution is 6.02. The van der Waals surface area contributed by atoms with Crippen molar-refractivity contribution in [3.8, 4) is 22.9 Å². The molecule has 0 spiro atoms. The first-order valence-corrected chi connectivity index (χ1v) is 13.8. The summed E-state index contributed by atoms with van der Waals surface area (Å²) in [5.41, 5.74) is -2.46. The van der Waals surface area contributed by atoms with Gasteiger partial charge in [-0.1, -0.05) is 19.9 Å². The number of phenolic OH excluding ortho intramolecular Hbond substituents is 1. The number of benzene rings is 3. The smallest absolute Gasteiger partial charge is 0.319 e. The van der Waals surface area contributed by atoms with Crippen LogP contribution in [0.2, 0.25) is 0 Å². The highest BCUT2D eigenvalue weighted by Gasteiger charge is 2.35. The van der Waals surface area contributed by atoms with E-state index in [9.17, 15) is 19.0 Å². The number of fused-ring (bicyclic) bond motifs is 4. The number of aromatic nitrogens is 2. The molecule has 0 unspecified atom stereocenters. The van der Waals surface area contributed by atoms with Gasteiger partial charge >= 0.3 is 6.01 Å². The second-order valence-corrected chi connectivity index (χ2v) is 11.0. The first-order valence-electron chi connectivity index (χ1n) is 13.8. The van der Waals surface area contributed by atoms with Gasteiger partial charge in [0, 0.05) is 41.5 Å². The predicted octanol–water partition coefficient (Wildman–Crippen LogP) is 5.58. The first-order chi connectivity index (χ1) is 19.6. The highest BCUT2D eigenvalue weighted by Crippen LogP contribution is 2.41. The van der Waals surface area contributed by atoms with Crippen molar-refractivity contribution in [2.75, 3.05) is 24.6 Å². The number of piperazine rings is 1. The summed E-state index contributed by atoms with van der Waals surface area (Å²) in [4.78, 5) is 10.7. The molecule has 2 atom stereocenters. The third kappa shape index (κ3) is 4.80. The number of phenols is 1. The van der Waals surface area contributed by atoms with Crippen LogP contribution in [0.15, 0.2) is 30.3 Å². The summed E-state index contributed by atoms with van der Waals surface area (Å²) in [7, 11) is 0. The number of aromatic hydroxyl groups is 1. The fraction of sp³-hybridized carbons (Fsp3) is 0.400. The lowest BCUT2D eigenvalue weighted by molar-refractivity contribution is -0.0139. The van der Waals surface area contributed by atoms with Gasteiger partial charge < -0.3 is 25.2 Å². The van der Waals surface area contributed by atoms with Crippen LogP contribution in [0.3, 0.4) is 0 Å². The number of aliphatic hydroxyl groups is 1. The number of rotatable bonds is 7. The second-order valence-electron chi connectivity index (χ2n) is 11.0. The van der Waals surface area contributed by atoms with Gasteiger partial charge in [-0.2, -0.15) is 9.97 Å². The lowest BCUT2D eigenvalue weighted by Gasteiger charge is -2.34. The number of nitrogens with one attached hydrogen (secondary N) is 1. The molecule has 3 aromatic carbocycles. The molecule has 2 aliphatic heterocycles. The van der Waals surface area contributed by atoms with E-state index in [-0.39, 0.29) is 63.5 Å². The van der Waals surface area contributed by atoms with Gasteiger partial charge in [-0.3, -0.25) is 0 Å². The Labute approximate surface area is 233 Å². The molecule has 4 aromatic rings. The maximum absolute atomic E-state index is 16.4. The van der Waals surface area contributed by atoms with Gasteiger partial charge in [-0.15, -0.1) is 0 Å². The average Bonchev–Trinajstić information content (AvgIpc) is 3.30. The van der Waals surface area contributed by atoms with Crippen LogP contribution in [0, 0.1) is 23.3 Å². The van der Waals surface area contributed by atoms with Gasteiger partial charge in [0.1, 0.15) is 29.5 Å². The van der Waals surface area contributed by atoms with E-state index in [1.165, 1.54) is 12.1 Å². The van der Waals surface area contributed by atoms with Gasteiger partial charge in [-0.25, -0.2) is 17.6 Å². The molecule has 7 nitrogen and oxygen atoms in total. The number of halogens is 4. The van der Waals surface area contributed by atoms with Gasteiger partial charge in [0.25, 0.3) is 0 Å². The van der Waals surface area contributed by atoms with E-state index >= 15 is 8.78 Å². The fourth-order valence-corrected chi connectivity index (χ4v) is 5.91. The minimum Gasteiger partial charge on any atom is -0.508 e. The third-order valence-corrected chi connectivity index (χ3v) is 8.41. The molecule has 11 heteroatoms. The molecule has 0 saturated carbocycles. The minimum absolute atomic E-state index is 0.0694. The quantitative estimate of drug-likeness (QED) is 0.250. The fourth-order valence-electron chi connectivity index (χ4n) is 5.91. The molecule has 2 fully saturated rings. The van der Waals surface area contributed by atoms with Gasteiger partial charge in [0.05, 0.1) is 11.2 Å². The Morgan fingerprint density at radius 3 is 2.37 bits per heavy atom. The molecule has 3 heterocycles. The summed E-state index contributed by atoms with van der Waals surface area (Å²) >= 11 is 0. The van der Waals surface area contributed by atoms with Crippen molar-refractivity contribution in [1.82, 2.24) is 15.3 Å². The van der Waals surface area contributed by atoms with Crippen LogP contribution in [0.25, 0.3) is 32.8 Å². The molecule has 1 aromatic heterocycles. The molecule has 0 radical (unpaired) electrons. The van der Waals surface area contributed by atoms with E-state index in [0.29, 0.717) is 25.9 Å². The van der Waals surface area contributed by atoms with E-state index in [2.05, 4.69) is 15.3 Å². The SMILES string of the molecule is CCC(O)(CC)COc1nc(N2C[C@H]3CC[C@@H](C2)N3)c2cc(F)c(-c3cc(O)cc4ccc(F)c(F)c34)c(F)c2n1. The lowest BCUT2D eigenvalue weighted by atomic mass is 9.95. The van der Waals surface area contributed by atoms with Crippen LogP contribution in [-0.4, -0.2) is 57.6 Å². The second kappa shape index (κ2) is 10.3. The van der Waals surface area contributed by atoms with Crippen LogP contribution in [0.4, 0.5) is 23.4 Å². The van der Waals surface area contributed by atoms with Crippen molar-refractivity contribution in [3.63, 3.8) is 0 Å². The summed E-state index contributed by atoms with van der Waals surface area (Å²) < 4.78 is 67.3. The van der Waals surface area contributed by atoms with E-state index < -0.39 is 34.4 Å². The Morgan fingerprint density at radius 1 is 0.976 bits per heavy atom. The van der Waals surface area contributed by atoms with Gasteiger partial charge in [-0.05, 0) is 55.3 Å². The zero-order valence-electron chi connectivity index (χ0n) is 22.6. The number of ether oxygens (including phenoxy) is 1. The normalized spacial score (nSPS) is 19.0. The Morgan fingerprint density at radius 2 is 1.68 bits per heavy atom. The summed E-state index contributed by atoms with van der Waals surface area (Å²) in [6.45, 7) is 4.60. The molecule has 2 bridgehead atoms.